The Morgan fingerprint density at radius 2 is 2.05 bits per heavy atom. The summed E-state index contributed by atoms with van der Waals surface area (Å²) in [5, 5.41) is 5.69. The molecule has 0 radical (unpaired) electrons. The Morgan fingerprint density at radius 1 is 1.40 bits per heavy atom. The first kappa shape index (κ1) is 16.1. The predicted octanol–water partition coefficient (Wildman–Crippen LogP) is 2.13. The zero-order valence-corrected chi connectivity index (χ0v) is 12.3. The molecule has 1 rings (SSSR count). The summed E-state index contributed by atoms with van der Waals surface area (Å²) in [4.78, 5) is 11.7. The smallest absolute Gasteiger partial charge is 0.239 e. The van der Waals surface area contributed by atoms with Gasteiger partial charge in [0.05, 0.1) is 24.5 Å². The Labute approximate surface area is 118 Å². The highest BCUT2D eigenvalue weighted by Crippen LogP contribution is 2.28. The third-order valence-corrected chi connectivity index (χ3v) is 2.36. The van der Waals surface area contributed by atoms with Crippen LogP contribution < -0.4 is 21.1 Å². The Kier molecular flexibility index (Phi) is 5.19. The summed E-state index contributed by atoms with van der Waals surface area (Å²) >= 11 is 0. The summed E-state index contributed by atoms with van der Waals surface area (Å²) in [5.41, 5.74) is 6.11. The van der Waals surface area contributed by atoms with Crippen molar-refractivity contribution in [1.29, 1.82) is 0 Å². The lowest BCUT2D eigenvalue weighted by molar-refractivity contribution is -0.120. The van der Waals surface area contributed by atoms with Gasteiger partial charge in [-0.3, -0.25) is 4.79 Å². The van der Waals surface area contributed by atoms with Crippen LogP contribution in [-0.2, 0) is 4.79 Å². The van der Waals surface area contributed by atoms with Gasteiger partial charge in [-0.25, -0.2) is 4.39 Å². The number of carbonyl (C=O) groups excluding carboxylic acids is 1. The number of nitrogens with one attached hydrogen (secondary N) is 2. The Balaban J connectivity index is 2.72. The van der Waals surface area contributed by atoms with E-state index in [1.54, 1.807) is 6.92 Å². The maximum absolute atomic E-state index is 13.5. The van der Waals surface area contributed by atoms with Crippen LogP contribution in [0.25, 0.3) is 0 Å². The lowest BCUT2D eigenvalue weighted by Gasteiger charge is -2.21. The number of hydrogen-bond acceptors (Lipinski definition) is 4. The second kappa shape index (κ2) is 6.45. The third kappa shape index (κ3) is 4.95. The van der Waals surface area contributed by atoms with Gasteiger partial charge in [-0.1, -0.05) is 0 Å². The van der Waals surface area contributed by atoms with Crippen molar-refractivity contribution in [3.63, 3.8) is 0 Å². The topological polar surface area (TPSA) is 76.4 Å². The van der Waals surface area contributed by atoms with Crippen molar-refractivity contribution in [2.75, 3.05) is 24.2 Å². The molecule has 112 valence electrons. The Morgan fingerprint density at radius 3 is 2.60 bits per heavy atom. The molecule has 6 heteroatoms. The lowest BCUT2D eigenvalue weighted by Crippen LogP contribution is -2.43. The number of nitrogens with two attached hydrogens (primary N) is 1. The average molecular weight is 283 g/mol. The number of hydrogen-bond donors (Lipinski definition) is 3. The van der Waals surface area contributed by atoms with Crippen molar-refractivity contribution in [3.8, 4) is 5.75 Å². The van der Waals surface area contributed by atoms with Crippen LogP contribution in [0.3, 0.4) is 0 Å². The van der Waals surface area contributed by atoms with Crippen molar-refractivity contribution in [2.24, 2.45) is 0 Å². The van der Waals surface area contributed by atoms with Crippen molar-refractivity contribution in [2.45, 2.75) is 33.2 Å². The van der Waals surface area contributed by atoms with E-state index in [-0.39, 0.29) is 29.4 Å². The Bertz CT molecular complexity index is 484. The number of anilines is 2. The highest BCUT2D eigenvalue weighted by molar-refractivity contribution is 5.83. The summed E-state index contributed by atoms with van der Waals surface area (Å²) < 4.78 is 18.7. The van der Waals surface area contributed by atoms with Crippen LogP contribution in [0.2, 0.25) is 0 Å². The van der Waals surface area contributed by atoms with Gasteiger partial charge in [-0.2, -0.15) is 0 Å². The fourth-order valence-corrected chi connectivity index (χ4v) is 1.63. The van der Waals surface area contributed by atoms with Crippen LogP contribution in [0.15, 0.2) is 12.1 Å². The van der Waals surface area contributed by atoms with Crippen LogP contribution >= 0.6 is 0 Å². The van der Waals surface area contributed by atoms with Gasteiger partial charge < -0.3 is 21.1 Å². The van der Waals surface area contributed by atoms with Crippen molar-refractivity contribution >= 4 is 17.3 Å². The minimum absolute atomic E-state index is 0.0542. The molecular formula is C14H22FN3O2. The van der Waals surface area contributed by atoms with Crippen molar-refractivity contribution < 1.29 is 13.9 Å². The molecule has 5 nitrogen and oxygen atoms in total. The zero-order chi connectivity index (χ0) is 15.3. The van der Waals surface area contributed by atoms with Gasteiger partial charge in [0, 0.05) is 17.7 Å². The van der Waals surface area contributed by atoms with E-state index in [0.717, 1.165) is 0 Å². The van der Waals surface area contributed by atoms with E-state index in [4.69, 9.17) is 10.5 Å². The molecule has 0 saturated carbocycles. The van der Waals surface area contributed by atoms with E-state index in [9.17, 15) is 9.18 Å². The number of carbonyl (C=O) groups is 1. The van der Waals surface area contributed by atoms with Gasteiger partial charge in [-0.15, -0.1) is 0 Å². The molecule has 0 fully saturated rings. The molecule has 1 amide bonds. The second-order valence-electron chi connectivity index (χ2n) is 5.45. The lowest BCUT2D eigenvalue weighted by atomic mass is 10.1. The zero-order valence-electron chi connectivity index (χ0n) is 12.3. The monoisotopic (exact) mass is 283 g/mol. The molecule has 0 atom stereocenters. The number of nitrogen functional groups attached to an aromatic ring is 1. The molecular weight excluding hydrogens is 261 g/mol. The number of ether oxygens (including phenoxy) is 1. The maximum Gasteiger partial charge on any atom is 0.239 e. The van der Waals surface area contributed by atoms with Crippen molar-refractivity contribution in [3.05, 3.63) is 17.9 Å². The van der Waals surface area contributed by atoms with E-state index in [1.165, 1.54) is 12.1 Å². The minimum Gasteiger partial charge on any atom is -0.491 e. The van der Waals surface area contributed by atoms with Crippen LogP contribution in [0.1, 0.15) is 27.7 Å². The first-order valence-corrected chi connectivity index (χ1v) is 6.49. The van der Waals surface area contributed by atoms with Crippen LogP contribution in [0.4, 0.5) is 15.8 Å². The molecule has 0 heterocycles. The van der Waals surface area contributed by atoms with E-state index >= 15 is 0 Å². The minimum atomic E-state index is -0.519. The molecule has 20 heavy (non-hydrogen) atoms. The highest BCUT2D eigenvalue weighted by atomic mass is 19.1. The fourth-order valence-electron chi connectivity index (χ4n) is 1.63. The quantitative estimate of drug-likeness (QED) is 0.724. The molecule has 1 aromatic carbocycles. The van der Waals surface area contributed by atoms with Gasteiger partial charge >= 0.3 is 0 Å². The molecule has 0 saturated heterocycles. The van der Waals surface area contributed by atoms with Gasteiger partial charge in [0.2, 0.25) is 5.91 Å². The SMILES string of the molecule is CCOc1cc(NCC(=O)NC(C)(C)C)c(N)cc1F. The summed E-state index contributed by atoms with van der Waals surface area (Å²) in [6.45, 7) is 7.85. The Hall–Kier alpha value is -1.98. The van der Waals surface area contributed by atoms with E-state index in [1.807, 2.05) is 20.8 Å². The predicted molar refractivity (Wildman–Crippen MR) is 78.4 cm³/mol. The molecule has 0 aliphatic rings. The van der Waals surface area contributed by atoms with Crippen LogP contribution in [0.5, 0.6) is 5.75 Å². The molecule has 0 bridgehead atoms. The number of halogens is 1. The normalized spacial score (nSPS) is 11.1. The third-order valence-electron chi connectivity index (χ3n) is 2.36. The maximum atomic E-state index is 13.5. The van der Waals surface area contributed by atoms with Crippen molar-refractivity contribution in [1.82, 2.24) is 5.32 Å². The van der Waals surface area contributed by atoms with E-state index in [2.05, 4.69) is 10.6 Å². The number of amides is 1. The number of rotatable bonds is 5. The standard InChI is InChI=1S/C14H22FN3O2/c1-5-20-12-7-11(10(16)6-9(12)15)17-8-13(19)18-14(2,3)4/h6-7,17H,5,8,16H2,1-4H3,(H,18,19). The molecule has 0 unspecified atom stereocenters. The summed E-state index contributed by atoms with van der Waals surface area (Å²) in [5.74, 6) is -0.575. The van der Waals surface area contributed by atoms with Gasteiger partial charge in [0.15, 0.2) is 11.6 Å². The van der Waals surface area contributed by atoms with Gasteiger partial charge in [0.25, 0.3) is 0 Å². The summed E-state index contributed by atoms with van der Waals surface area (Å²) in [7, 11) is 0. The van der Waals surface area contributed by atoms with Crippen LogP contribution in [0, 0.1) is 5.82 Å². The van der Waals surface area contributed by atoms with Gasteiger partial charge in [0.1, 0.15) is 0 Å². The molecule has 4 N–H and O–H groups in total. The number of benzene rings is 1. The highest BCUT2D eigenvalue weighted by Gasteiger charge is 2.14. The van der Waals surface area contributed by atoms with E-state index < -0.39 is 5.82 Å². The van der Waals surface area contributed by atoms with E-state index in [0.29, 0.717) is 12.3 Å². The van der Waals surface area contributed by atoms with Crippen LogP contribution in [-0.4, -0.2) is 24.6 Å². The summed E-state index contributed by atoms with van der Waals surface area (Å²) in [6.07, 6.45) is 0. The first-order chi connectivity index (χ1) is 9.23. The average Bonchev–Trinajstić information content (AvgIpc) is 2.29. The largest absolute Gasteiger partial charge is 0.491 e. The molecule has 0 aliphatic heterocycles. The molecule has 0 aliphatic carbocycles. The molecule has 0 aromatic heterocycles. The fraction of sp³-hybridized carbons (Fsp3) is 0.500. The second-order valence-corrected chi connectivity index (χ2v) is 5.45. The first-order valence-electron chi connectivity index (χ1n) is 6.49. The molecule has 0 spiro atoms. The van der Waals surface area contributed by atoms with Gasteiger partial charge in [-0.05, 0) is 27.7 Å². The summed E-state index contributed by atoms with van der Waals surface area (Å²) in [6, 6.07) is 2.63. The molecule has 1 aromatic rings.